The molecule has 4 heteroatoms. The summed E-state index contributed by atoms with van der Waals surface area (Å²) in [7, 11) is 3.68. The molecule has 122 valence electrons. The summed E-state index contributed by atoms with van der Waals surface area (Å²) in [5, 5.41) is 4.05. The smallest absolute Gasteiger partial charge is 0.169 e. The maximum Gasteiger partial charge on any atom is 0.169 e. The standard InChI is InChI=1S/C19H24N2OS/c1-4-15-5-7-17(8-6-15)14-21(2)19(23)20-13-16-9-11-18(22-3)12-10-16/h5-12H,4,13-14H2,1-3H3,(H,20,23). The van der Waals surface area contributed by atoms with Crippen LogP contribution in [0.5, 0.6) is 5.75 Å². The quantitative estimate of drug-likeness (QED) is 0.816. The van der Waals surface area contributed by atoms with Gasteiger partial charge in [0.05, 0.1) is 7.11 Å². The molecule has 3 nitrogen and oxygen atoms in total. The van der Waals surface area contributed by atoms with Crippen LogP contribution < -0.4 is 10.1 Å². The van der Waals surface area contributed by atoms with E-state index in [1.807, 2.05) is 31.3 Å². The zero-order valence-electron chi connectivity index (χ0n) is 14.0. The third-order valence-corrected chi connectivity index (χ3v) is 4.26. The summed E-state index contributed by atoms with van der Waals surface area (Å²) in [6, 6.07) is 16.7. The minimum absolute atomic E-state index is 0.710. The van der Waals surface area contributed by atoms with Gasteiger partial charge in [-0.3, -0.25) is 0 Å². The summed E-state index contributed by atoms with van der Waals surface area (Å²) in [4.78, 5) is 2.06. The maximum absolute atomic E-state index is 5.46. The van der Waals surface area contributed by atoms with Crippen LogP contribution in [0.3, 0.4) is 0 Å². The average Bonchev–Trinajstić information content (AvgIpc) is 2.60. The van der Waals surface area contributed by atoms with Crippen LogP contribution in [0, 0.1) is 0 Å². The molecule has 0 heterocycles. The molecule has 0 aliphatic rings. The predicted molar refractivity (Wildman–Crippen MR) is 99.7 cm³/mol. The van der Waals surface area contributed by atoms with Crippen molar-refractivity contribution >= 4 is 17.3 Å². The van der Waals surface area contributed by atoms with Gasteiger partial charge in [0.2, 0.25) is 0 Å². The van der Waals surface area contributed by atoms with E-state index in [-0.39, 0.29) is 0 Å². The zero-order valence-corrected chi connectivity index (χ0v) is 14.8. The lowest BCUT2D eigenvalue weighted by Crippen LogP contribution is -2.36. The first kappa shape index (κ1) is 17.3. The monoisotopic (exact) mass is 328 g/mol. The molecule has 23 heavy (non-hydrogen) atoms. The topological polar surface area (TPSA) is 24.5 Å². The molecule has 0 saturated carbocycles. The van der Waals surface area contributed by atoms with Crippen molar-refractivity contribution in [2.24, 2.45) is 0 Å². The summed E-state index contributed by atoms with van der Waals surface area (Å²) in [6.07, 6.45) is 1.07. The fraction of sp³-hybridized carbons (Fsp3) is 0.316. The molecule has 0 unspecified atom stereocenters. The number of nitrogens with zero attached hydrogens (tertiary/aromatic N) is 1. The van der Waals surface area contributed by atoms with Gasteiger partial charge in [0.25, 0.3) is 0 Å². The molecule has 0 aliphatic carbocycles. The molecule has 0 saturated heterocycles. The molecule has 0 amide bonds. The van der Waals surface area contributed by atoms with Crippen LogP contribution in [0.1, 0.15) is 23.6 Å². The van der Waals surface area contributed by atoms with Crippen molar-refractivity contribution in [3.63, 3.8) is 0 Å². The van der Waals surface area contributed by atoms with Crippen LogP contribution in [0.4, 0.5) is 0 Å². The van der Waals surface area contributed by atoms with Gasteiger partial charge < -0.3 is 15.0 Å². The van der Waals surface area contributed by atoms with Crippen LogP contribution in [0.25, 0.3) is 0 Å². The van der Waals surface area contributed by atoms with Gasteiger partial charge in [0, 0.05) is 20.1 Å². The molecular weight excluding hydrogens is 304 g/mol. The van der Waals surface area contributed by atoms with Gasteiger partial charge in [-0.25, -0.2) is 0 Å². The predicted octanol–water partition coefficient (Wildman–Crippen LogP) is 3.76. The van der Waals surface area contributed by atoms with Crippen LogP contribution in [-0.2, 0) is 19.5 Å². The number of hydrogen-bond acceptors (Lipinski definition) is 2. The lowest BCUT2D eigenvalue weighted by atomic mass is 10.1. The second-order valence-corrected chi connectivity index (χ2v) is 5.92. The number of hydrogen-bond donors (Lipinski definition) is 1. The van der Waals surface area contributed by atoms with E-state index in [0.29, 0.717) is 6.54 Å². The Morgan fingerprint density at radius 2 is 1.57 bits per heavy atom. The number of benzene rings is 2. The largest absolute Gasteiger partial charge is 0.497 e. The molecule has 2 aromatic carbocycles. The summed E-state index contributed by atoms with van der Waals surface area (Å²) in [6.45, 7) is 3.68. The Balaban J connectivity index is 1.83. The van der Waals surface area contributed by atoms with Gasteiger partial charge in [-0.2, -0.15) is 0 Å². The van der Waals surface area contributed by atoms with Gasteiger partial charge in [-0.1, -0.05) is 43.3 Å². The van der Waals surface area contributed by atoms with Crippen molar-refractivity contribution in [3.8, 4) is 5.75 Å². The number of methoxy groups -OCH3 is 1. The minimum atomic E-state index is 0.710. The lowest BCUT2D eigenvalue weighted by molar-refractivity contribution is 0.414. The Morgan fingerprint density at radius 1 is 1.00 bits per heavy atom. The van der Waals surface area contributed by atoms with E-state index in [1.54, 1.807) is 7.11 Å². The number of thiocarbonyl (C=S) groups is 1. The van der Waals surface area contributed by atoms with Crippen LogP contribution in [0.2, 0.25) is 0 Å². The molecule has 0 bridgehead atoms. The fourth-order valence-corrected chi connectivity index (χ4v) is 2.42. The number of ether oxygens (including phenoxy) is 1. The Kier molecular flexibility index (Phi) is 6.41. The Hall–Kier alpha value is -2.07. The number of aryl methyl sites for hydroxylation is 1. The SMILES string of the molecule is CCc1ccc(CN(C)C(=S)NCc2ccc(OC)cc2)cc1. The van der Waals surface area contributed by atoms with Gasteiger partial charge in [-0.05, 0) is 47.5 Å². The van der Waals surface area contributed by atoms with Crippen molar-refractivity contribution in [1.82, 2.24) is 10.2 Å². The first-order chi connectivity index (χ1) is 11.1. The molecule has 0 radical (unpaired) electrons. The highest BCUT2D eigenvalue weighted by Gasteiger charge is 2.05. The van der Waals surface area contributed by atoms with Crippen molar-refractivity contribution < 1.29 is 4.74 Å². The van der Waals surface area contributed by atoms with Gasteiger partial charge in [0.15, 0.2) is 5.11 Å². The van der Waals surface area contributed by atoms with Gasteiger partial charge in [-0.15, -0.1) is 0 Å². The number of nitrogens with one attached hydrogen (secondary N) is 1. The summed E-state index contributed by atoms with van der Waals surface area (Å²) in [5.41, 5.74) is 3.80. The lowest BCUT2D eigenvalue weighted by Gasteiger charge is -2.21. The second kappa shape index (κ2) is 8.53. The molecule has 2 aromatic rings. The zero-order chi connectivity index (χ0) is 16.7. The van der Waals surface area contributed by atoms with Crippen LogP contribution in [0.15, 0.2) is 48.5 Å². The van der Waals surface area contributed by atoms with E-state index in [9.17, 15) is 0 Å². The Labute approximate surface area is 144 Å². The normalized spacial score (nSPS) is 10.2. The van der Waals surface area contributed by atoms with Crippen molar-refractivity contribution in [2.75, 3.05) is 14.2 Å². The second-order valence-electron chi connectivity index (χ2n) is 5.53. The third-order valence-electron chi connectivity index (χ3n) is 3.80. The van der Waals surface area contributed by atoms with Crippen molar-refractivity contribution in [3.05, 3.63) is 65.2 Å². The van der Waals surface area contributed by atoms with Gasteiger partial charge in [0.1, 0.15) is 5.75 Å². The molecule has 1 N–H and O–H groups in total. The first-order valence-electron chi connectivity index (χ1n) is 7.82. The van der Waals surface area contributed by atoms with E-state index in [0.717, 1.165) is 23.8 Å². The molecule has 0 aromatic heterocycles. The van der Waals surface area contributed by atoms with Crippen molar-refractivity contribution in [1.29, 1.82) is 0 Å². The van der Waals surface area contributed by atoms with Gasteiger partial charge >= 0.3 is 0 Å². The van der Waals surface area contributed by atoms with Crippen molar-refractivity contribution in [2.45, 2.75) is 26.4 Å². The van der Waals surface area contributed by atoms with E-state index >= 15 is 0 Å². The summed E-state index contributed by atoms with van der Waals surface area (Å²) in [5.74, 6) is 0.865. The molecule has 0 fully saturated rings. The van der Waals surface area contributed by atoms with E-state index in [1.165, 1.54) is 16.7 Å². The average molecular weight is 328 g/mol. The highest BCUT2D eigenvalue weighted by Crippen LogP contribution is 2.11. The first-order valence-corrected chi connectivity index (χ1v) is 8.23. The van der Waals surface area contributed by atoms with Crippen LogP contribution >= 0.6 is 12.2 Å². The van der Waals surface area contributed by atoms with E-state index in [4.69, 9.17) is 17.0 Å². The minimum Gasteiger partial charge on any atom is -0.497 e. The summed E-state index contributed by atoms with van der Waals surface area (Å²) >= 11 is 5.46. The van der Waals surface area contributed by atoms with E-state index < -0.39 is 0 Å². The molecule has 0 aliphatic heterocycles. The van der Waals surface area contributed by atoms with E-state index in [2.05, 4.69) is 41.4 Å². The Morgan fingerprint density at radius 3 is 2.13 bits per heavy atom. The summed E-state index contributed by atoms with van der Waals surface area (Å²) < 4.78 is 5.16. The highest BCUT2D eigenvalue weighted by molar-refractivity contribution is 7.80. The highest BCUT2D eigenvalue weighted by atomic mass is 32.1. The van der Waals surface area contributed by atoms with Crippen LogP contribution in [-0.4, -0.2) is 24.2 Å². The number of rotatable bonds is 6. The molecule has 0 atom stereocenters. The Bertz CT molecular complexity index is 623. The fourth-order valence-electron chi connectivity index (χ4n) is 2.28. The third kappa shape index (κ3) is 5.25. The molecule has 0 spiro atoms. The molecule has 2 rings (SSSR count). The molecular formula is C19H24N2OS. The maximum atomic E-state index is 5.46.